The minimum atomic E-state index is -1.77. The van der Waals surface area contributed by atoms with Gasteiger partial charge < -0.3 is 102 Å². The maximum atomic E-state index is 15.1. The lowest BCUT2D eigenvalue weighted by Crippen LogP contribution is -2.61. The van der Waals surface area contributed by atoms with Crippen LogP contribution in [0.5, 0.6) is 0 Å². The molecule has 0 radical (unpaired) electrons. The van der Waals surface area contributed by atoms with Gasteiger partial charge in [0, 0.05) is 49.5 Å². The molecule has 1 aromatic heterocycles. The van der Waals surface area contributed by atoms with Crippen LogP contribution in [0.25, 0.3) is 10.9 Å². The van der Waals surface area contributed by atoms with Crippen molar-refractivity contribution < 1.29 is 72.5 Å². The summed E-state index contributed by atoms with van der Waals surface area (Å²) in [5, 5.41) is 51.2. The van der Waals surface area contributed by atoms with E-state index in [0.717, 1.165) is 16.5 Å². The van der Waals surface area contributed by atoms with Gasteiger partial charge in [0.05, 0.1) is 19.2 Å². The molecule has 632 valence electrons. The topological polar surface area (TPSA) is 530 Å². The van der Waals surface area contributed by atoms with Crippen LogP contribution in [0, 0.1) is 23.7 Å². The Balaban J connectivity index is 1.20. The van der Waals surface area contributed by atoms with E-state index in [0.29, 0.717) is 36.0 Å². The van der Waals surface area contributed by atoms with Crippen LogP contribution >= 0.6 is 0 Å². The standard InChI is InChI=1S/C83H120N18O15/c1-9-51(8)70(80(113)97-65(82(115)116)40-49(4)5)100-74(107)59(34-23-37-88-83(86)87)91-68(103)46-90-72(105)61(39-48(2)3)93-75(108)62(42-53-27-15-11-16-28-53)94-73(106)60(33-21-22-36-84)92-78(111)66(47-102)98-76(109)63(43-54-29-17-12-18-30-54)95-77(110)64(44-55-45-89-58-32-20-19-31-56(55)58)96-79(112)67-35-24-38-101(67)81(114)69(50(6)7)99-71(104)57(85)41-52-25-13-10-14-26-52/h10-20,25-32,45,48-51,57,59-67,69-70,89,102H,9,21-24,33-44,46-47,84-85H2,1-8H3,(H,90,105)(H,91,103)(H,92,111)(H,93,108)(H,94,106)(H,95,110)(H,96,112)(H,97,113)(H,98,109)(H,99,104)(H,100,107)(H,115,116)(H4,86,87,88)/t51-,57-,59-,60-,61+,62-,63-,64-,65-,66-,67-,69-,70-/m0/s1. The highest BCUT2D eigenvalue weighted by Crippen LogP contribution is 2.24. The van der Waals surface area contributed by atoms with Crippen molar-refractivity contribution in [1.29, 1.82) is 0 Å². The summed E-state index contributed by atoms with van der Waals surface area (Å²) in [6, 6.07) is 17.8. The van der Waals surface area contributed by atoms with Gasteiger partial charge in [-0.1, -0.05) is 171 Å². The van der Waals surface area contributed by atoms with Gasteiger partial charge in [-0.25, -0.2) is 4.79 Å². The van der Waals surface area contributed by atoms with Crippen molar-refractivity contribution in [2.24, 2.45) is 51.6 Å². The molecule has 0 aliphatic carbocycles. The zero-order valence-electron chi connectivity index (χ0n) is 67.6. The number of guanidine groups is 1. The number of rotatable bonds is 48. The number of carboxylic acids is 1. The monoisotopic (exact) mass is 1610 g/mol. The normalized spacial score (nSPS) is 15.7. The molecule has 116 heavy (non-hydrogen) atoms. The Morgan fingerprint density at radius 2 is 0.991 bits per heavy atom. The lowest BCUT2D eigenvalue weighted by molar-refractivity contribution is -0.143. The van der Waals surface area contributed by atoms with Gasteiger partial charge in [-0.2, -0.15) is 0 Å². The lowest BCUT2D eigenvalue weighted by Gasteiger charge is -2.32. The zero-order chi connectivity index (χ0) is 85.1. The summed E-state index contributed by atoms with van der Waals surface area (Å²) in [5.41, 5.74) is 26.6. The predicted molar refractivity (Wildman–Crippen MR) is 438 cm³/mol. The van der Waals surface area contributed by atoms with Gasteiger partial charge in [-0.05, 0) is 123 Å². The van der Waals surface area contributed by atoms with E-state index in [1.54, 1.807) is 122 Å². The van der Waals surface area contributed by atoms with Crippen LogP contribution in [-0.4, -0.2) is 208 Å². The minimum absolute atomic E-state index is 0.0169. The van der Waals surface area contributed by atoms with Gasteiger partial charge in [0.2, 0.25) is 70.9 Å². The lowest BCUT2D eigenvalue weighted by atomic mass is 9.96. The fourth-order valence-corrected chi connectivity index (χ4v) is 13.6. The van der Waals surface area contributed by atoms with Gasteiger partial charge in [-0.15, -0.1) is 0 Å². The molecule has 0 bridgehead atoms. The number of likely N-dealkylation sites (tertiary alicyclic amines) is 1. The summed E-state index contributed by atoms with van der Waals surface area (Å²) < 4.78 is 0. The maximum Gasteiger partial charge on any atom is 0.326 e. The fraction of sp³-hybridized carbons (Fsp3) is 0.518. The first kappa shape index (κ1) is 93.5. The van der Waals surface area contributed by atoms with Crippen LogP contribution in [0.4, 0.5) is 0 Å². The van der Waals surface area contributed by atoms with E-state index in [1.807, 2.05) is 54.6 Å². The van der Waals surface area contributed by atoms with E-state index in [9.17, 15) is 67.7 Å². The number of unbranched alkanes of at least 4 members (excludes halogenated alkanes) is 1. The Morgan fingerprint density at radius 3 is 1.53 bits per heavy atom. The molecule has 1 aliphatic heterocycles. The third-order valence-electron chi connectivity index (χ3n) is 20.1. The van der Waals surface area contributed by atoms with Gasteiger partial charge in [-0.3, -0.25) is 62.5 Å². The van der Waals surface area contributed by atoms with E-state index >= 15 is 4.79 Å². The maximum absolute atomic E-state index is 15.1. The third-order valence-corrected chi connectivity index (χ3v) is 20.1. The predicted octanol–water partition coefficient (Wildman–Crippen LogP) is 0.775. The van der Waals surface area contributed by atoms with Crippen molar-refractivity contribution in [1.82, 2.24) is 68.4 Å². The Hall–Kier alpha value is -11.3. The molecule has 22 N–H and O–H groups in total. The summed E-state index contributed by atoms with van der Waals surface area (Å²) in [7, 11) is 0. The van der Waals surface area contributed by atoms with Crippen LogP contribution in [0.3, 0.4) is 0 Å². The largest absolute Gasteiger partial charge is 0.480 e. The molecule has 0 saturated carbocycles. The molecule has 0 unspecified atom stereocenters. The number of nitrogens with two attached hydrogens (primary N) is 4. The van der Waals surface area contributed by atoms with E-state index in [2.05, 4.69) is 68.5 Å². The number of aliphatic hydroxyl groups is 1. The molecule has 33 nitrogen and oxygen atoms in total. The van der Waals surface area contributed by atoms with Crippen LogP contribution in [0.1, 0.15) is 142 Å². The number of aromatic nitrogens is 1. The number of carbonyl (C=O) groups excluding carboxylic acids is 12. The van der Waals surface area contributed by atoms with Crippen molar-refractivity contribution in [2.45, 2.75) is 218 Å². The number of fused-ring (bicyclic) bond motifs is 1. The SMILES string of the molecule is CC[C@H](C)[C@H](NC(=O)[C@H](CCCN=C(N)N)NC(=O)CNC(=O)[C@@H](CC(C)C)NC(=O)[C@H](Cc1ccccc1)NC(=O)[C@H](CCCCN)NC(=O)[C@H](CO)NC(=O)[C@H](Cc1ccccc1)NC(=O)[C@H](Cc1c[nH]c2ccccc12)NC(=O)[C@@H]1CCCN1C(=O)[C@@H](NC(=O)[C@@H](N)Cc1ccccc1)C(C)C)C(=O)N[C@@H](CC(C)C)C(=O)O. The Kier molecular flexibility index (Phi) is 38.3. The number of aromatic amines is 1. The second-order valence-corrected chi connectivity index (χ2v) is 30.8. The highest BCUT2D eigenvalue weighted by atomic mass is 16.4. The summed E-state index contributed by atoms with van der Waals surface area (Å²) in [5.74, 6) is -12.3. The van der Waals surface area contributed by atoms with Gasteiger partial charge in [0.1, 0.15) is 66.5 Å². The molecular weight excluding hydrogens is 1490 g/mol. The number of nitrogens with one attached hydrogen (secondary N) is 12. The molecular formula is C83H120N18O15. The first-order chi connectivity index (χ1) is 55.3. The minimum Gasteiger partial charge on any atom is -0.480 e. The number of benzene rings is 4. The molecule has 1 saturated heterocycles. The molecule has 2 heterocycles. The zero-order valence-corrected chi connectivity index (χ0v) is 67.6. The molecule has 1 aliphatic rings. The summed E-state index contributed by atoms with van der Waals surface area (Å²) in [6.45, 7) is 12.8. The number of aliphatic hydroxyl groups excluding tert-OH is 1. The number of aliphatic imine (C=N–C) groups is 1. The van der Waals surface area contributed by atoms with Crippen molar-refractivity contribution in [3.63, 3.8) is 0 Å². The second kappa shape index (κ2) is 47.5. The van der Waals surface area contributed by atoms with Crippen molar-refractivity contribution in [3.8, 4) is 0 Å². The third kappa shape index (κ3) is 30.1. The summed E-state index contributed by atoms with van der Waals surface area (Å²) >= 11 is 0. The van der Waals surface area contributed by atoms with Gasteiger partial charge in [0.15, 0.2) is 5.96 Å². The number of carbonyl (C=O) groups is 13. The van der Waals surface area contributed by atoms with E-state index in [1.165, 1.54) is 4.90 Å². The number of aliphatic carboxylic acids is 1. The number of hydrogen-bond donors (Lipinski definition) is 18. The Bertz CT molecular complexity index is 4110. The molecule has 13 atom stereocenters. The molecule has 0 spiro atoms. The average molecular weight is 1610 g/mol. The van der Waals surface area contributed by atoms with E-state index in [-0.39, 0.29) is 108 Å². The average Bonchev–Trinajstić information content (AvgIpc) is 1.65. The highest BCUT2D eigenvalue weighted by Gasteiger charge is 2.42. The second-order valence-electron chi connectivity index (χ2n) is 30.8. The Labute approximate surface area is 677 Å². The van der Waals surface area contributed by atoms with E-state index < -0.39 is 174 Å². The fourth-order valence-electron chi connectivity index (χ4n) is 13.6. The summed E-state index contributed by atoms with van der Waals surface area (Å²) in [4.78, 5) is 194. The van der Waals surface area contributed by atoms with Crippen LogP contribution < -0.4 is 81.4 Å². The first-order valence-electron chi connectivity index (χ1n) is 39.9. The smallest absolute Gasteiger partial charge is 0.326 e. The molecule has 5 aromatic rings. The number of H-pyrrole nitrogens is 1. The number of amides is 12. The quantitative estimate of drug-likeness (QED) is 0.0145. The van der Waals surface area contributed by atoms with Crippen molar-refractivity contribution >= 4 is 93.7 Å². The van der Waals surface area contributed by atoms with Crippen LogP contribution in [-0.2, 0) is 88.0 Å². The number of hydrogen-bond acceptors (Lipinski definition) is 17. The molecule has 33 heteroatoms. The number of nitrogens with zero attached hydrogens (tertiary/aromatic N) is 2. The number of para-hydroxylation sites is 1. The van der Waals surface area contributed by atoms with E-state index in [4.69, 9.17) is 22.9 Å². The molecule has 6 rings (SSSR count). The molecule has 1 fully saturated rings. The Morgan fingerprint density at radius 1 is 0.517 bits per heavy atom. The van der Waals surface area contributed by atoms with Gasteiger partial charge >= 0.3 is 5.97 Å². The first-order valence-corrected chi connectivity index (χ1v) is 39.9. The van der Waals surface area contributed by atoms with Crippen molar-refractivity contribution in [3.05, 3.63) is 144 Å². The van der Waals surface area contributed by atoms with Crippen LogP contribution in [0.15, 0.2) is 126 Å². The highest BCUT2D eigenvalue weighted by molar-refractivity contribution is 6.00. The molecule has 12 amide bonds. The summed E-state index contributed by atoms with van der Waals surface area (Å²) in [6.07, 6.45) is 3.30. The number of carboxylic acid groups (broad SMARTS) is 1. The van der Waals surface area contributed by atoms with Crippen molar-refractivity contribution in [2.75, 3.05) is 32.8 Å². The van der Waals surface area contributed by atoms with Gasteiger partial charge in [0.25, 0.3) is 0 Å². The van der Waals surface area contributed by atoms with Crippen LogP contribution in [0.2, 0.25) is 0 Å². The molecule has 4 aromatic carbocycles.